The van der Waals surface area contributed by atoms with Crippen molar-refractivity contribution >= 4 is 39.1 Å². The number of carbonyl (C=O) groups excluding carboxylic acids is 2. The number of amides is 2. The van der Waals surface area contributed by atoms with Crippen molar-refractivity contribution in [3.05, 3.63) is 70.3 Å². The van der Waals surface area contributed by atoms with Gasteiger partial charge in [0.15, 0.2) is 0 Å². The highest BCUT2D eigenvalue weighted by atomic mass is 35.5. The molecule has 48 heavy (non-hydrogen) atoms. The van der Waals surface area contributed by atoms with E-state index in [2.05, 4.69) is 27.8 Å². The fourth-order valence-corrected chi connectivity index (χ4v) is 9.70. The van der Waals surface area contributed by atoms with Crippen LogP contribution in [0.3, 0.4) is 0 Å². The molecule has 3 aliphatic heterocycles. The van der Waals surface area contributed by atoms with Crippen molar-refractivity contribution in [1.82, 2.24) is 9.62 Å². The molecule has 2 aromatic rings. The zero-order valence-corrected chi connectivity index (χ0v) is 29.4. The highest BCUT2D eigenvalue weighted by molar-refractivity contribution is 7.90. The Morgan fingerprint density at radius 3 is 2.73 bits per heavy atom. The molecule has 1 saturated carbocycles. The van der Waals surface area contributed by atoms with E-state index >= 15 is 0 Å². The highest BCUT2D eigenvalue weighted by Gasteiger charge is 2.45. The lowest BCUT2D eigenvalue weighted by Crippen LogP contribution is -2.50. The molecule has 7 rings (SSSR count). The smallest absolute Gasteiger partial charge is 0.264 e. The zero-order chi connectivity index (χ0) is 33.6. The van der Waals surface area contributed by atoms with Crippen LogP contribution in [-0.4, -0.2) is 75.9 Å². The minimum atomic E-state index is -3.94. The van der Waals surface area contributed by atoms with Crippen LogP contribution < -0.4 is 14.4 Å². The lowest BCUT2D eigenvalue weighted by atomic mass is 9.68. The normalized spacial score (nSPS) is 32.1. The van der Waals surface area contributed by atoms with Gasteiger partial charge in [0, 0.05) is 50.0 Å². The Morgan fingerprint density at radius 1 is 1.12 bits per heavy atom. The molecule has 2 amide bonds. The Bertz CT molecular complexity index is 1720. The average Bonchev–Trinajstić information content (AvgIpc) is 3.19. The van der Waals surface area contributed by atoms with Crippen molar-refractivity contribution in [2.45, 2.75) is 75.6 Å². The van der Waals surface area contributed by atoms with E-state index in [-0.39, 0.29) is 36.3 Å². The average molecular weight is 698 g/mol. The summed E-state index contributed by atoms with van der Waals surface area (Å²) < 4.78 is 42.3. The maximum absolute atomic E-state index is 13.5. The van der Waals surface area contributed by atoms with Gasteiger partial charge in [-0.2, -0.15) is 0 Å². The summed E-state index contributed by atoms with van der Waals surface area (Å²) in [6.45, 7) is 7.32. The molecule has 2 bridgehead atoms. The molecule has 1 spiro atoms. The van der Waals surface area contributed by atoms with Crippen molar-refractivity contribution in [1.29, 1.82) is 0 Å². The summed E-state index contributed by atoms with van der Waals surface area (Å²) in [4.78, 5) is 29.6. The molecule has 0 radical (unpaired) electrons. The Kier molecular flexibility index (Phi) is 9.28. The summed E-state index contributed by atoms with van der Waals surface area (Å²) in [5.74, 6) is 0.613. The maximum atomic E-state index is 13.5. The molecule has 5 aliphatic rings. The molecule has 6 atom stereocenters. The summed E-state index contributed by atoms with van der Waals surface area (Å²) in [6.07, 6.45) is 10.2. The van der Waals surface area contributed by atoms with E-state index in [9.17, 15) is 18.0 Å². The second-order valence-electron chi connectivity index (χ2n) is 14.6. The molecule has 2 aromatic carbocycles. The van der Waals surface area contributed by atoms with Gasteiger partial charge in [-0.15, -0.1) is 0 Å². The number of benzene rings is 2. The summed E-state index contributed by atoms with van der Waals surface area (Å²) in [6, 6.07) is 11.5. The summed E-state index contributed by atoms with van der Waals surface area (Å²) in [5.41, 5.74) is 3.35. The fraction of sp³-hybridized carbons (Fsp3) is 0.568. The molecule has 0 aromatic heterocycles. The number of halogens is 1. The molecule has 9 nitrogen and oxygen atoms in total. The van der Waals surface area contributed by atoms with E-state index in [1.54, 1.807) is 19.1 Å². The van der Waals surface area contributed by atoms with Crippen molar-refractivity contribution in [2.75, 3.05) is 44.3 Å². The SMILES string of the molecule is C[C@@H]1[C@@H](C)C/C=C/[C@H](OCCN2CCC2=O)[C@@H]2CC[C@H]2CN2C[C@@]3(CCCc4cc(Cl)ccc43)COc3ccc(cc32)C(=O)NS1(=O)=O.[HH]. The number of sulfonamides is 1. The minimum Gasteiger partial charge on any atom is -0.490 e. The molecular weight excluding hydrogens is 650 g/mol. The number of likely N-dealkylation sites (tertiary alicyclic amines) is 1. The number of ether oxygens (including phenoxy) is 2. The van der Waals surface area contributed by atoms with Gasteiger partial charge in [0.05, 0.1) is 30.3 Å². The first-order chi connectivity index (χ1) is 23.0. The molecule has 1 N–H and O–H groups in total. The van der Waals surface area contributed by atoms with Gasteiger partial charge in [0.2, 0.25) is 15.9 Å². The number of aryl methyl sites for hydroxylation is 1. The third kappa shape index (κ3) is 6.48. The largest absolute Gasteiger partial charge is 0.490 e. The van der Waals surface area contributed by atoms with Gasteiger partial charge in [-0.05, 0) is 105 Å². The Hall–Kier alpha value is -3.08. The zero-order valence-electron chi connectivity index (χ0n) is 27.8. The van der Waals surface area contributed by atoms with E-state index < -0.39 is 21.2 Å². The van der Waals surface area contributed by atoms with Gasteiger partial charge in [0.25, 0.3) is 5.91 Å². The van der Waals surface area contributed by atoms with Crippen LogP contribution in [0.5, 0.6) is 5.75 Å². The summed E-state index contributed by atoms with van der Waals surface area (Å²) >= 11 is 6.44. The predicted octanol–water partition coefficient (Wildman–Crippen LogP) is 5.75. The second kappa shape index (κ2) is 13.3. The molecular formula is C37H48ClN3O6S. The van der Waals surface area contributed by atoms with Crippen molar-refractivity contribution in [3.8, 4) is 5.75 Å². The number of hydrogen-bond donors (Lipinski definition) is 1. The number of rotatable bonds is 4. The van der Waals surface area contributed by atoms with Crippen LogP contribution in [0, 0.1) is 17.8 Å². The van der Waals surface area contributed by atoms with Crippen LogP contribution in [0.1, 0.15) is 75.3 Å². The molecule has 2 aliphatic carbocycles. The van der Waals surface area contributed by atoms with Gasteiger partial charge in [0.1, 0.15) is 5.75 Å². The van der Waals surface area contributed by atoms with Gasteiger partial charge in [-0.1, -0.05) is 36.7 Å². The Labute approximate surface area is 290 Å². The predicted molar refractivity (Wildman–Crippen MR) is 188 cm³/mol. The van der Waals surface area contributed by atoms with Gasteiger partial charge in [-0.3, -0.25) is 9.59 Å². The van der Waals surface area contributed by atoms with Crippen LogP contribution in [0.15, 0.2) is 48.6 Å². The minimum absolute atomic E-state index is 0. The van der Waals surface area contributed by atoms with Crippen molar-refractivity contribution < 1.29 is 28.9 Å². The second-order valence-corrected chi connectivity index (χ2v) is 17.1. The number of nitrogens with one attached hydrogen (secondary N) is 1. The van der Waals surface area contributed by atoms with E-state index in [1.807, 2.05) is 30.0 Å². The van der Waals surface area contributed by atoms with Crippen LogP contribution in [-0.2, 0) is 31.4 Å². The number of carbonyl (C=O) groups is 2. The number of anilines is 1. The lowest BCUT2D eigenvalue weighted by Gasteiger charge is -2.46. The van der Waals surface area contributed by atoms with Gasteiger partial charge >= 0.3 is 0 Å². The fourth-order valence-electron chi connectivity index (χ4n) is 8.22. The van der Waals surface area contributed by atoms with Crippen LogP contribution in [0.2, 0.25) is 5.02 Å². The van der Waals surface area contributed by atoms with Crippen molar-refractivity contribution in [3.63, 3.8) is 0 Å². The lowest BCUT2D eigenvalue weighted by molar-refractivity contribution is -0.141. The van der Waals surface area contributed by atoms with Crippen LogP contribution >= 0.6 is 11.6 Å². The molecule has 11 heteroatoms. The summed E-state index contributed by atoms with van der Waals surface area (Å²) in [5, 5.41) is -0.0505. The third-order valence-corrected chi connectivity index (χ3v) is 13.8. The Balaban J connectivity index is 0.00000417. The molecule has 260 valence electrons. The number of fused-ring (bicyclic) bond motifs is 4. The van der Waals surface area contributed by atoms with Crippen molar-refractivity contribution in [2.24, 2.45) is 17.8 Å². The topological polar surface area (TPSA) is 105 Å². The monoisotopic (exact) mass is 697 g/mol. The van der Waals surface area contributed by atoms with Gasteiger partial charge < -0.3 is 19.3 Å². The number of hydrogen-bond acceptors (Lipinski definition) is 7. The van der Waals surface area contributed by atoms with Gasteiger partial charge in [-0.25, -0.2) is 13.1 Å². The number of nitrogens with zero attached hydrogens (tertiary/aromatic N) is 2. The first-order valence-electron chi connectivity index (χ1n) is 17.5. The van der Waals surface area contributed by atoms with E-state index in [1.165, 1.54) is 11.1 Å². The number of allylic oxidation sites excluding steroid dienone is 1. The first-order valence-corrected chi connectivity index (χ1v) is 19.4. The van der Waals surface area contributed by atoms with Crippen LogP contribution in [0.4, 0.5) is 5.69 Å². The maximum Gasteiger partial charge on any atom is 0.264 e. The van der Waals surface area contributed by atoms with E-state index in [0.29, 0.717) is 50.8 Å². The van der Waals surface area contributed by atoms with E-state index in [0.717, 1.165) is 55.9 Å². The standard InChI is InChI=1S/C37H46ClN3O6S.H2/c1-24-5-3-7-33(46-18-17-40-16-14-35(40)42)30-11-8-28(30)21-41-22-37(15-4-6-26-19-29(38)10-12-31(26)37)23-47-34-13-9-27(20-32(34)41)36(43)39-48(44,45)25(24)2;/h3,7,9-10,12-13,19-20,24-25,28,30,33H,4-6,8,11,14-18,21-23H2,1-2H3,(H,39,43);1H/b7-3+;/t24-,25+,28-,30+,33-,37-;/m0./s1. The molecule has 2 fully saturated rings. The Morgan fingerprint density at radius 2 is 1.98 bits per heavy atom. The van der Waals surface area contributed by atoms with E-state index in [4.69, 9.17) is 21.1 Å². The first kappa shape index (κ1) is 33.4. The molecule has 3 heterocycles. The quantitative estimate of drug-likeness (QED) is 0.321. The molecule has 1 saturated heterocycles. The highest BCUT2D eigenvalue weighted by Crippen LogP contribution is 2.47. The third-order valence-electron chi connectivity index (χ3n) is 11.6. The molecule has 0 unspecified atom stereocenters. The summed E-state index contributed by atoms with van der Waals surface area (Å²) in [7, 11) is -3.94. The number of β-lactam (4-membered cyclic amide) rings is 1. The van der Waals surface area contributed by atoms with Crippen LogP contribution in [0.25, 0.3) is 0 Å².